The second-order valence-corrected chi connectivity index (χ2v) is 4.15. The largest absolute Gasteiger partial charge is 0.480 e. The third kappa shape index (κ3) is 5.18. The van der Waals surface area contributed by atoms with Gasteiger partial charge >= 0.3 is 5.97 Å². The Bertz CT molecular complexity index is 288. The van der Waals surface area contributed by atoms with Gasteiger partial charge in [0.15, 0.2) is 0 Å². The fraction of sp³-hybridized carbons (Fsp3) is 0.750. The molecular weight excluding hydrogens is 220 g/mol. The second-order valence-electron chi connectivity index (χ2n) is 4.15. The molecule has 96 valence electrons. The lowest BCUT2D eigenvalue weighted by Gasteiger charge is -2.34. The second kappa shape index (κ2) is 7.28. The number of nitrogens with zero attached hydrogens (tertiary/aromatic N) is 2. The minimum Gasteiger partial charge on any atom is -0.480 e. The summed E-state index contributed by atoms with van der Waals surface area (Å²) in [6, 6.07) is 0. The maximum absolute atomic E-state index is 10.7. The van der Waals surface area contributed by atoms with E-state index < -0.39 is 5.97 Å². The molecule has 1 saturated heterocycles. The molecule has 0 saturated carbocycles. The van der Waals surface area contributed by atoms with Gasteiger partial charge in [0.1, 0.15) is 0 Å². The van der Waals surface area contributed by atoms with Crippen LogP contribution in [0.5, 0.6) is 0 Å². The number of carboxylic acids is 1. The number of morpholine rings is 1. The van der Waals surface area contributed by atoms with E-state index in [1.54, 1.807) is 4.90 Å². The van der Waals surface area contributed by atoms with Gasteiger partial charge in [0.25, 0.3) is 0 Å². The molecule has 1 aliphatic heterocycles. The molecule has 0 spiro atoms. The molecule has 1 fully saturated rings. The van der Waals surface area contributed by atoms with Gasteiger partial charge in [0, 0.05) is 19.6 Å². The zero-order valence-corrected chi connectivity index (χ0v) is 10.3. The van der Waals surface area contributed by atoms with Gasteiger partial charge in [-0.1, -0.05) is 12.8 Å². The van der Waals surface area contributed by atoms with E-state index in [1.807, 2.05) is 0 Å². The Balaban J connectivity index is 2.42. The lowest BCUT2D eigenvalue weighted by molar-refractivity contribution is -0.138. The Morgan fingerprint density at radius 3 is 3.06 bits per heavy atom. The average molecular weight is 240 g/mol. The molecular formula is C12H20N2O3. The predicted molar refractivity (Wildman–Crippen MR) is 64.8 cm³/mol. The number of aliphatic carboxylic acids is 1. The van der Waals surface area contributed by atoms with Crippen molar-refractivity contribution in [3.05, 3.63) is 0 Å². The number of carboxylic acid groups (broad SMARTS) is 1. The van der Waals surface area contributed by atoms with Gasteiger partial charge in [-0.25, -0.2) is 0 Å². The van der Waals surface area contributed by atoms with Gasteiger partial charge in [-0.15, -0.1) is 6.42 Å². The molecule has 0 aromatic carbocycles. The summed E-state index contributed by atoms with van der Waals surface area (Å²) in [7, 11) is 0. The van der Waals surface area contributed by atoms with Crippen molar-refractivity contribution in [1.29, 1.82) is 0 Å². The first-order valence-electron chi connectivity index (χ1n) is 5.87. The van der Waals surface area contributed by atoms with Gasteiger partial charge in [0.05, 0.1) is 25.8 Å². The van der Waals surface area contributed by atoms with Crippen LogP contribution in [0.25, 0.3) is 0 Å². The molecule has 0 aromatic heterocycles. The summed E-state index contributed by atoms with van der Waals surface area (Å²) in [6.07, 6.45) is 5.28. The van der Waals surface area contributed by atoms with Crippen molar-refractivity contribution in [2.75, 3.05) is 45.9 Å². The van der Waals surface area contributed by atoms with Gasteiger partial charge in [-0.2, -0.15) is 0 Å². The summed E-state index contributed by atoms with van der Waals surface area (Å²) in [5.74, 6) is 1.62. The van der Waals surface area contributed by atoms with Gasteiger partial charge in [-0.05, 0) is 6.54 Å². The van der Waals surface area contributed by atoms with Crippen molar-refractivity contribution in [3.63, 3.8) is 0 Å². The SMILES string of the molecule is C#CCN(CC(=O)O)CC1CN(CC)CCO1. The zero-order valence-electron chi connectivity index (χ0n) is 10.3. The van der Waals surface area contributed by atoms with Crippen LogP contribution in [0.4, 0.5) is 0 Å². The van der Waals surface area contributed by atoms with Crippen molar-refractivity contribution in [3.8, 4) is 12.3 Å². The topological polar surface area (TPSA) is 53.0 Å². The highest BCUT2D eigenvalue weighted by Crippen LogP contribution is 2.06. The van der Waals surface area contributed by atoms with Crippen molar-refractivity contribution in [2.24, 2.45) is 0 Å². The highest BCUT2D eigenvalue weighted by Gasteiger charge is 2.22. The number of rotatable bonds is 6. The van der Waals surface area contributed by atoms with Crippen LogP contribution in [-0.2, 0) is 9.53 Å². The van der Waals surface area contributed by atoms with E-state index in [-0.39, 0.29) is 12.6 Å². The molecule has 1 atom stereocenters. The van der Waals surface area contributed by atoms with E-state index in [4.69, 9.17) is 16.3 Å². The minimum atomic E-state index is -0.858. The normalized spacial score (nSPS) is 21.4. The Labute approximate surface area is 102 Å². The van der Waals surface area contributed by atoms with Crippen molar-refractivity contribution >= 4 is 5.97 Å². The standard InChI is InChI=1S/C12H20N2O3/c1-3-5-14(10-12(15)16)9-11-8-13(4-2)6-7-17-11/h1,11H,4-10H2,2H3,(H,15,16). The van der Waals surface area contributed by atoms with Gasteiger partial charge in [0.2, 0.25) is 0 Å². The van der Waals surface area contributed by atoms with E-state index >= 15 is 0 Å². The number of hydrogen-bond acceptors (Lipinski definition) is 4. The lowest BCUT2D eigenvalue weighted by atomic mass is 10.2. The van der Waals surface area contributed by atoms with E-state index in [0.717, 1.165) is 19.6 Å². The molecule has 1 aliphatic rings. The molecule has 0 amide bonds. The summed E-state index contributed by atoms with van der Waals surface area (Å²) < 4.78 is 5.62. The Hall–Kier alpha value is -1.09. The zero-order chi connectivity index (χ0) is 12.7. The van der Waals surface area contributed by atoms with Crippen LogP contribution in [0.1, 0.15) is 6.92 Å². The van der Waals surface area contributed by atoms with E-state index in [2.05, 4.69) is 17.7 Å². The van der Waals surface area contributed by atoms with E-state index in [1.165, 1.54) is 0 Å². The summed E-state index contributed by atoms with van der Waals surface area (Å²) in [5.41, 5.74) is 0. The Kier molecular flexibility index (Phi) is 5.98. The Morgan fingerprint density at radius 1 is 1.71 bits per heavy atom. The minimum absolute atomic E-state index is 0.0316. The first kappa shape index (κ1) is 14.0. The summed E-state index contributed by atoms with van der Waals surface area (Å²) in [6.45, 7) is 6.49. The molecule has 1 heterocycles. The molecule has 0 aromatic rings. The summed E-state index contributed by atoms with van der Waals surface area (Å²) >= 11 is 0. The fourth-order valence-corrected chi connectivity index (χ4v) is 1.97. The maximum Gasteiger partial charge on any atom is 0.317 e. The number of hydrogen-bond donors (Lipinski definition) is 1. The lowest BCUT2D eigenvalue weighted by Crippen LogP contribution is -2.48. The molecule has 1 N–H and O–H groups in total. The smallest absolute Gasteiger partial charge is 0.317 e. The summed E-state index contributed by atoms with van der Waals surface area (Å²) in [4.78, 5) is 14.7. The molecule has 1 rings (SSSR count). The van der Waals surface area contributed by atoms with Gasteiger partial charge < -0.3 is 9.84 Å². The van der Waals surface area contributed by atoms with E-state index in [0.29, 0.717) is 19.7 Å². The van der Waals surface area contributed by atoms with E-state index in [9.17, 15) is 4.79 Å². The van der Waals surface area contributed by atoms with Crippen LogP contribution in [0.2, 0.25) is 0 Å². The fourth-order valence-electron chi connectivity index (χ4n) is 1.97. The third-order valence-corrected chi connectivity index (χ3v) is 2.81. The predicted octanol–water partition coefficient (Wildman–Crippen LogP) is -0.273. The van der Waals surface area contributed by atoms with Crippen molar-refractivity contribution < 1.29 is 14.6 Å². The number of ether oxygens (including phenoxy) is 1. The molecule has 0 radical (unpaired) electrons. The third-order valence-electron chi connectivity index (χ3n) is 2.81. The van der Waals surface area contributed by atoms with Crippen molar-refractivity contribution in [1.82, 2.24) is 9.80 Å². The molecule has 5 heteroatoms. The quantitative estimate of drug-likeness (QED) is 0.648. The Morgan fingerprint density at radius 2 is 2.47 bits per heavy atom. The van der Waals surface area contributed by atoms with Crippen LogP contribution in [-0.4, -0.2) is 72.9 Å². The first-order chi connectivity index (χ1) is 8.15. The molecule has 5 nitrogen and oxygen atoms in total. The molecule has 0 bridgehead atoms. The molecule has 17 heavy (non-hydrogen) atoms. The number of carbonyl (C=O) groups is 1. The van der Waals surface area contributed by atoms with Gasteiger partial charge in [-0.3, -0.25) is 14.6 Å². The summed E-state index contributed by atoms with van der Waals surface area (Å²) in [5, 5.41) is 8.78. The maximum atomic E-state index is 10.7. The highest BCUT2D eigenvalue weighted by molar-refractivity contribution is 5.69. The van der Waals surface area contributed by atoms with Crippen LogP contribution < -0.4 is 0 Å². The molecule has 0 aliphatic carbocycles. The number of terminal acetylenes is 1. The monoisotopic (exact) mass is 240 g/mol. The first-order valence-corrected chi connectivity index (χ1v) is 5.87. The van der Waals surface area contributed by atoms with Crippen molar-refractivity contribution in [2.45, 2.75) is 13.0 Å². The van der Waals surface area contributed by atoms with Crippen LogP contribution in [0.3, 0.4) is 0 Å². The van der Waals surface area contributed by atoms with Crippen LogP contribution in [0.15, 0.2) is 0 Å². The average Bonchev–Trinajstić information content (AvgIpc) is 2.29. The van der Waals surface area contributed by atoms with Crippen LogP contribution in [0, 0.1) is 12.3 Å². The van der Waals surface area contributed by atoms with Crippen LogP contribution >= 0.6 is 0 Å². The highest BCUT2D eigenvalue weighted by atomic mass is 16.5. The molecule has 1 unspecified atom stereocenters. The number of likely N-dealkylation sites (N-methyl/N-ethyl adjacent to an activating group) is 1.